The molecule has 0 aromatic carbocycles. The first kappa shape index (κ1) is 67.3. The van der Waals surface area contributed by atoms with E-state index in [0.29, 0.717) is 12.8 Å². The third-order valence-corrected chi connectivity index (χ3v) is 12.7. The monoisotopic (exact) mass is 1020 g/mol. The van der Waals surface area contributed by atoms with Gasteiger partial charge in [-0.1, -0.05) is 207 Å². The summed E-state index contributed by atoms with van der Waals surface area (Å²) in [6.07, 6.45) is 55.6. The van der Waals surface area contributed by atoms with Gasteiger partial charge in [-0.05, 0) is 103 Å². The van der Waals surface area contributed by atoms with Crippen molar-refractivity contribution in [2.75, 3.05) is 13.2 Å². The maximum absolute atomic E-state index is 13.4. The minimum absolute atomic E-state index is 0.0873. The smallest absolute Gasteiger partial charge is 0.306 e. The maximum atomic E-state index is 13.4. The van der Waals surface area contributed by atoms with Gasteiger partial charge in [0.15, 0.2) is 12.4 Å². The van der Waals surface area contributed by atoms with E-state index >= 15 is 0 Å². The van der Waals surface area contributed by atoms with Gasteiger partial charge < -0.3 is 45.1 Å². The van der Waals surface area contributed by atoms with Crippen LogP contribution in [0.1, 0.15) is 207 Å². The summed E-state index contributed by atoms with van der Waals surface area (Å²) in [5.41, 5.74) is 0. The van der Waals surface area contributed by atoms with Gasteiger partial charge in [0.1, 0.15) is 24.4 Å². The van der Waals surface area contributed by atoms with Crippen molar-refractivity contribution < 1.29 is 49.3 Å². The van der Waals surface area contributed by atoms with Crippen LogP contribution in [0.5, 0.6) is 0 Å². The summed E-state index contributed by atoms with van der Waals surface area (Å²) in [7, 11) is 0. The van der Waals surface area contributed by atoms with Crippen LogP contribution in [0.4, 0.5) is 0 Å². The lowest BCUT2D eigenvalue weighted by Gasteiger charge is -2.41. The molecule has 8 atom stereocenters. The molecule has 73 heavy (non-hydrogen) atoms. The normalized spacial score (nSPS) is 20.2. The number of carbonyl (C=O) groups excluding carboxylic acids is 2. The molecule has 0 aromatic heterocycles. The zero-order chi connectivity index (χ0) is 53.3. The highest BCUT2D eigenvalue weighted by molar-refractivity contribution is 5.80. The lowest BCUT2D eigenvalue weighted by Crippen LogP contribution is -2.61. The Morgan fingerprint density at radius 1 is 0.548 bits per heavy atom. The number of aliphatic hydroxyl groups is 5. The van der Waals surface area contributed by atoms with Crippen LogP contribution in [-0.2, 0) is 23.8 Å². The zero-order valence-electron chi connectivity index (χ0n) is 45.7. The fourth-order valence-electron chi connectivity index (χ4n) is 8.16. The minimum atomic E-state index is -1.63. The van der Waals surface area contributed by atoms with Crippen molar-refractivity contribution >= 4 is 11.9 Å². The number of aliphatic hydroxyl groups excluding tert-OH is 5. The molecule has 1 heterocycles. The summed E-state index contributed by atoms with van der Waals surface area (Å²) in [6.45, 7) is 5.49. The molecule has 1 saturated heterocycles. The Balaban J connectivity index is 2.78. The van der Waals surface area contributed by atoms with Crippen LogP contribution in [-0.4, -0.2) is 99.6 Å². The Kier molecular flexibility index (Phi) is 45.4. The molecule has 0 aliphatic carbocycles. The highest BCUT2D eigenvalue weighted by Gasteiger charge is 2.47. The van der Waals surface area contributed by atoms with Crippen molar-refractivity contribution in [2.24, 2.45) is 0 Å². The molecular formula is C62H103NO10. The van der Waals surface area contributed by atoms with E-state index in [2.05, 4.69) is 123 Å². The second-order valence-corrected chi connectivity index (χ2v) is 19.3. The van der Waals surface area contributed by atoms with E-state index in [4.69, 9.17) is 14.2 Å². The summed E-state index contributed by atoms with van der Waals surface area (Å²) in [6, 6.07) is -1.05. The molecule has 11 heteroatoms. The molecule has 8 unspecified atom stereocenters. The van der Waals surface area contributed by atoms with E-state index in [1.165, 1.54) is 44.9 Å². The minimum Gasteiger partial charge on any atom is -0.454 e. The fourth-order valence-corrected chi connectivity index (χ4v) is 8.16. The SMILES string of the molecule is CC/C=C\C/C=C\C/C=C\C/C=C\C/C=C\CCCCC(O)C(=O)NC(COC1OC(CO)C(O)C(O)C1OC(=O)CCCCCC/C=C/C/C=C/C/C=C/CC)C(O)/C=C/CCCCCCCCCCCC. The van der Waals surface area contributed by atoms with Gasteiger partial charge in [-0.15, -0.1) is 0 Å². The largest absolute Gasteiger partial charge is 0.454 e. The summed E-state index contributed by atoms with van der Waals surface area (Å²) < 4.78 is 17.5. The van der Waals surface area contributed by atoms with Crippen LogP contribution in [0.2, 0.25) is 0 Å². The number of nitrogens with one attached hydrogen (secondary N) is 1. The molecule has 1 aliphatic heterocycles. The van der Waals surface area contributed by atoms with Gasteiger partial charge in [0, 0.05) is 6.42 Å². The lowest BCUT2D eigenvalue weighted by atomic mass is 9.99. The second-order valence-electron chi connectivity index (χ2n) is 19.3. The van der Waals surface area contributed by atoms with E-state index < -0.39 is 67.4 Å². The molecule has 416 valence electrons. The molecule has 0 saturated carbocycles. The van der Waals surface area contributed by atoms with Gasteiger partial charge in [0.25, 0.3) is 0 Å². The first-order chi connectivity index (χ1) is 35.7. The Labute approximate surface area is 443 Å². The molecule has 0 spiro atoms. The van der Waals surface area contributed by atoms with Crippen LogP contribution in [0.25, 0.3) is 0 Å². The Bertz CT molecular complexity index is 1600. The van der Waals surface area contributed by atoms with Crippen LogP contribution < -0.4 is 5.32 Å². The summed E-state index contributed by atoms with van der Waals surface area (Å²) in [5, 5.41) is 56.8. The number of carbonyl (C=O) groups is 2. The predicted octanol–water partition coefficient (Wildman–Crippen LogP) is 12.9. The van der Waals surface area contributed by atoms with Crippen molar-refractivity contribution in [2.45, 2.75) is 256 Å². The number of amides is 1. The molecular weight excluding hydrogens is 919 g/mol. The third kappa shape index (κ3) is 37.7. The first-order valence-corrected chi connectivity index (χ1v) is 28.7. The highest BCUT2D eigenvalue weighted by Crippen LogP contribution is 2.26. The average molecular weight is 1020 g/mol. The number of rotatable bonds is 46. The molecule has 6 N–H and O–H groups in total. The Morgan fingerprint density at radius 3 is 1.48 bits per heavy atom. The highest BCUT2D eigenvalue weighted by atomic mass is 16.7. The standard InChI is InChI=1S/C62H103NO10/c1-4-7-10-13-16-19-22-25-27-28-29-30-31-34-37-40-43-46-49-55(66)61(70)63-53(54(65)48-45-42-39-36-33-24-21-18-15-12-9-6-3)52-71-62-60(59(69)58(68)56(51-64)72-62)73-57(67)50-47-44-41-38-35-32-26-23-20-17-14-11-8-5-2/h7-8,10-11,16-17,19-20,25-27,29-30,32,34,37,45,48,53-56,58-60,62,64-66,68-69H,4-6,9,12-15,18,21-24,28,31,33,35-36,38-44,46-47,49-52H2,1-3H3,(H,63,70)/b10-7-,11-8+,19-16-,20-17+,27-25-,30-29-,32-26+,37-34-,48-45+. The molecule has 1 amide bonds. The molecule has 0 radical (unpaired) electrons. The number of hydrogen-bond donors (Lipinski definition) is 6. The van der Waals surface area contributed by atoms with Gasteiger partial charge in [-0.3, -0.25) is 9.59 Å². The van der Waals surface area contributed by atoms with Gasteiger partial charge in [0.2, 0.25) is 5.91 Å². The van der Waals surface area contributed by atoms with E-state index in [0.717, 1.165) is 116 Å². The topological polar surface area (TPSA) is 175 Å². The van der Waals surface area contributed by atoms with Gasteiger partial charge >= 0.3 is 5.97 Å². The van der Waals surface area contributed by atoms with E-state index in [1.807, 2.05) is 6.08 Å². The molecule has 1 rings (SSSR count). The summed E-state index contributed by atoms with van der Waals surface area (Å²) in [4.78, 5) is 26.4. The molecule has 0 aromatic rings. The second kappa shape index (κ2) is 49.2. The van der Waals surface area contributed by atoms with Crippen LogP contribution in [0.3, 0.4) is 0 Å². The summed E-state index contributed by atoms with van der Waals surface area (Å²) >= 11 is 0. The van der Waals surface area contributed by atoms with Crippen molar-refractivity contribution in [1.82, 2.24) is 5.32 Å². The quantitative estimate of drug-likeness (QED) is 0.0196. The fraction of sp³-hybridized carbons (Fsp3) is 0.677. The number of ether oxygens (including phenoxy) is 3. The van der Waals surface area contributed by atoms with Gasteiger partial charge in [0.05, 0.1) is 25.4 Å². The average Bonchev–Trinajstić information content (AvgIpc) is 3.39. The Hall–Kier alpha value is -3.68. The van der Waals surface area contributed by atoms with Crippen molar-refractivity contribution in [1.29, 1.82) is 0 Å². The Morgan fingerprint density at radius 2 is 0.986 bits per heavy atom. The zero-order valence-corrected chi connectivity index (χ0v) is 45.7. The number of hydrogen-bond acceptors (Lipinski definition) is 10. The van der Waals surface area contributed by atoms with Gasteiger partial charge in [-0.25, -0.2) is 0 Å². The molecule has 1 aliphatic rings. The van der Waals surface area contributed by atoms with Gasteiger partial charge in [-0.2, -0.15) is 0 Å². The van der Waals surface area contributed by atoms with E-state index in [9.17, 15) is 35.1 Å². The number of unbranched alkanes of at least 4 members (excludes halogenated alkanes) is 16. The van der Waals surface area contributed by atoms with Crippen LogP contribution >= 0.6 is 0 Å². The van der Waals surface area contributed by atoms with E-state index in [1.54, 1.807) is 6.08 Å². The van der Waals surface area contributed by atoms with Crippen LogP contribution in [0.15, 0.2) is 109 Å². The molecule has 1 fully saturated rings. The van der Waals surface area contributed by atoms with Crippen molar-refractivity contribution in [3.8, 4) is 0 Å². The maximum Gasteiger partial charge on any atom is 0.306 e. The third-order valence-electron chi connectivity index (χ3n) is 12.7. The molecule has 11 nitrogen and oxygen atoms in total. The lowest BCUT2D eigenvalue weighted by molar-refractivity contribution is -0.305. The number of esters is 1. The van der Waals surface area contributed by atoms with Crippen molar-refractivity contribution in [3.05, 3.63) is 109 Å². The van der Waals surface area contributed by atoms with E-state index in [-0.39, 0.29) is 19.4 Å². The molecule has 0 bridgehead atoms. The summed E-state index contributed by atoms with van der Waals surface area (Å²) in [5.74, 6) is -1.26. The predicted molar refractivity (Wildman–Crippen MR) is 301 cm³/mol. The van der Waals surface area contributed by atoms with Crippen molar-refractivity contribution in [3.63, 3.8) is 0 Å². The first-order valence-electron chi connectivity index (χ1n) is 28.7. The van der Waals surface area contributed by atoms with Crippen LogP contribution in [0, 0.1) is 0 Å². The number of allylic oxidation sites excluding steroid dienone is 17.